The second-order valence-electron chi connectivity index (χ2n) is 2.10. The van der Waals surface area contributed by atoms with E-state index in [9.17, 15) is 0 Å². The van der Waals surface area contributed by atoms with Gasteiger partial charge in [-0.15, -0.1) is 6.92 Å². The molecule has 0 saturated carbocycles. The Morgan fingerprint density at radius 3 is 1.33 bits per heavy atom. The third-order valence-electron chi connectivity index (χ3n) is 1.05. The monoisotopic (exact) mass is 82.1 g/mol. The quantitative estimate of drug-likeness (QED) is 0.421. The van der Waals surface area contributed by atoms with Crippen molar-refractivity contribution in [2.24, 2.45) is 5.92 Å². The van der Waals surface area contributed by atoms with E-state index in [1.807, 2.05) is 6.92 Å². The van der Waals surface area contributed by atoms with Gasteiger partial charge in [-0.05, 0) is 0 Å². The zero-order valence-electron chi connectivity index (χ0n) is 4.73. The van der Waals surface area contributed by atoms with Gasteiger partial charge in [-0.3, -0.25) is 5.82 Å². The van der Waals surface area contributed by atoms with Crippen molar-refractivity contribution in [1.82, 2.24) is 0 Å². The largest absolute Gasteiger partial charge is 0.622 e. The molecule has 0 N–H and O–H groups in total. The fourth-order valence-corrected chi connectivity index (χ4v) is 0. The number of hydrogen-bond donors (Lipinski definition) is 0. The van der Waals surface area contributed by atoms with E-state index in [0.717, 1.165) is 0 Å². The van der Waals surface area contributed by atoms with Gasteiger partial charge in [-0.1, -0.05) is 19.8 Å². The maximum atomic E-state index is 5.44. The van der Waals surface area contributed by atoms with Gasteiger partial charge in [0, 0.05) is 0 Å². The first-order valence-corrected chi connectivity index (χ1v) is 2.40. The molecule has 0 saturated heterocycles. The molecule has 0 aromatic rings. The maximum Gasteiger partial charge on any atom is -0.0658 e. The Hall–Kier alpha value is 0.0649. The molecular weight excluding hydrogens is 70.9 g/mol. The van der Waals surface area contributed by atoms with Crippen molar-refractivity contribution in [3.8, 4) is 0 Å². The Kier molecular flexibility index (Phi) is 2.30. The van der Waals surface area contributed by atoms with Crippen molar-refractivity contribution >= 4 is 7.85 Å². The van der Waals surface area contributed by atoms with E-state index in [2.05, 4.69) is 13.8 Å². The average Bonchev–Trinajstić information content (AvgIpc) is 1.36. The van der Waals surface area contributed by atoms with Crippen molar-refractivity contribution in [2.45, 2.75) is 26.6 Å². The third kappa shape index (κ3) is 2.31. The zero-order chi connectivity index (χ0) is 5.15. The van der Waals surface area contributed by atoms with Crippen molar-refractivity contribution < 1.29 is 0 Å². The predicted octanol–water partition coefficient (Wildman–Crippen LogP) is 1.62. The van der Waals surface area contributed by atoms with E-state index in [1.54, 1.807) is 0 Å². The van der Waals surface area contributed by atoms with Crippen molar-refractivity contribution in [3.05, 3.63) is 0 Å². The van der Waals surface area contributed by atoms with E-state index >= 15 is 0 Å². The van der Waals surface area contributed by atoms with Gasteiger partial charge < -0.3 is 7.85 Å². The standard InChI is InChI=1S/C5H11B/c1-4(2)5(3)6/h4-5H,1-3H3/q-1. The molecule has 6 heavy (non-hydrogen) atoms. The minimum absolute atomic E-state index is 0.352. The molecule has 35 valence electrons. The lowest BCUT2D eigenvalue weighted by Crippen LogP contribution is -1.93. The van der Waals surface area contributed by atoms with Gasteiger partial charge in [0.2, 0.25) is 0 Å². The van der Waals surface area contributed by atoms with Crippen LogP contribution < -0.4 is 0 Å². The summed E-state index contributed by atoms with van der Waals surface area (Å²) in [5.41, 5.74) is 0. The fourth-order valence-electron chi connectivity index (χ4n) is 0. The summed E-state index contributed by atoms with van der Waals surface area (Å²) < 4.78 is 0. The summed E-state index contributed by atoms with van der Waals surface area (Å²) in [6, 6.07) is 0. The number of hydrogen-bond acceptors (Lipinski definition) is 0. The lowest BCUT2D eigenvalue weighted by molar-refractivity contribution is 0.625. The lowest BCUT2D eigenvalue weighted by atomic mass is 9.80. The molecule has 0 nitrogen and oxygen atoms in total. The number of rotatable bonds is 1. The first-order chi connectivity index (χ1) is 2.64. The van der Waals surface area contributed by atoms with Crippen LogP contribution in [0.3, 0.4) is 0 Å². The summed E-state index contributed by atoms with van der Waals surface area (Å²) in [6.07, 6.45) is 0. The molecule has 0 aliphatic heterocycles. The first-order valence-electron chi connectivity index (χ1n) is 2.40. The summed E-state index contributed by atoms with van der Waals surface area (Å²) in [6.45, 7) is 6.25. The Morgan fingerprint density at radius 2 is 1.33 bits per heavy atom. The second-order valence-corrected chi connectivity index (χ2v) is 2.10. The van der Waals surface area contributed by atoms with Gasteiger partial charge in [-0.25, -0.2) is 0 Å². The van der Waals surface area contributed by atoms with Gasteiger partial charge in [0.05, 0.1) is 0 Å². The Balaban J connectivity index is 2.99. The van der Waals surface area contributed by atoms with Crippen LogP contribution in [0.25, 0.3) is 0 Å². The molecule has 0 aromatic heterocycles. The van der Waals surface area contributed by atoms with E-state index in [1.165, 1.54) is 0 Å². The van der Waals surface area contributed by atoms with E-state index in [0.29, 0.717) is 11.7 Å². The van der Waals surface area contributed by atoms with E-state index in [-0.39, 0.29) is 0 Å². The summed E-state index contributed by atoms with van der Waals surface area (Å²) >= 11 is 0. The Labute approximate surface area is 41.4 Å². The first kappa shape index (κ1) is 6.06. The molecule has 0 bridgehead atoms. The smallest absolute Gasteiger partial charge is 0.0658 e. The molecule has 0 fully saturated rings. The van der Waals surface area contributed by atoms with Gasteiger partial charge in [0.15, 0.2) is 0 Å². The molecule has 3 radical (unpaired) electrons. The van der Waals surface area contributed by atoms with Crippen LogP contribution in [0.1, 0.15) is 20.8 Å². The molecule has 0 heterocycles. The average molecular weight is 82.0 g/mol. The molecule has 0 aliphatic rings. The SMILES string of the molecule is [B-]C(C)C(C)C. The van der Waals surface area contributed by atoms with Crippen LogP contribution in [0.4, 0.5) is 0 Å². The molecule has 0 amide bonds. The zero-order valence-corrected chi connectivity index (χ0v) is 4.73. The molecule has 0 spiro atoms. The molecule has 1 unspecified atom stereocenters. The highest BCUT2D eigenvalue weighted by molar-refractivity contribution is 6.11. The van der Waals surface area contributed by atoms with Crippen LogP contribution in [0, 0.1) is 5.92 Å². The highest BCUT2D eigenvalue weighted by atomic mass is 14.0. The fraction of sp³-hybridized carbons (Fsp3) is 1.00. The van der Waals surface area contributed by atoms with E-state index < -0.39 is 0 Å². The Morgan fingerprint density at radius 1 is 1.17 bits per heavy atom. The highest BCUT2D eigenvalue weighted by Gasteiger charge is 1.83. The molecule has 0 aromatic carbocycles. The van der Waals surface area contributed by atoms with Crippen molar-refractivity contribution in [2.75, 3.05) is 0 Å². The minimum atomic E-state index is 0.352. The summed E-state index contributed by atoms with van der Waals surface area (Å²) in [7, 11) is 5.44. The normalized spacial score (nSPS) is 15.5. The van der Waals surface area contributed by atoms with Crippen LogP contribution in [0.15, 0.2) is 0 Å². The van der Waals surface area contributed by atoms with Crippen LogP contribution in [0.5, 0.6) is 0 Å². The van der Waals surface area contributed by atoms with Crippen molar-refractivity contribution in [1.29, 1.82) is 0 Å². The lowest BCUT2D eigenvalue weighted by Gasteiger charge is -2.21. The predicted molar refractivity (Wildman–Crippen MR) is 30.0 cm³/mol. The summed E-state index contributed by atoms with van der Waals surface area (Å²) in [5.74, 6) is 0.981. The topological polar surface area (TPSA) is 0 Å². The molecule has 1 atom stereocenters. The second kappa shape index (κ2) is 2.28. The van der Waals surface area contributed by atoms with Gasteiger partial charge >= 0.3 is 0 Å². The molecule has 0 rings (SSSR count). The Bertz CT molecular complexity index is 24.9. The minimum Gasteiger partial charge on any atom is -0.622 e. The molecule has 0 aliphatic carbocycles. The summed E-state index contributed by atoms with van der Waals surface area (Å²) in [4.78, 5) is 0. The van der Waals surface area contributed by atoms with Crippen LogP contribution >= 0.6 is 0 Å². The van der Waals surface area contributed by atoms with Gasteiger partial charge in [0.25, 0.3) is 0 Å². The van der Waals surface area contributed by atoms with Crippen LogP contribution in [-0.2, 0) is 0 Å². The molecule has 1 heteroatoms. The molecular formula is C5H11B-. The van der Waals surface area contributed by atoms with Crippen LogP contribution in [-0.4, -0.2) is 7.85 Å². The third-order valence-corrected chi connectivity index (χ3v) is 1.05. The van der Waals surface area contributed by atoms with E-state index in [4.69, 9.17) is 7.85 Å². The van der Waals surface area contributed by atoms with Gasteiger partial charge in [0.1, 0.15) is 0 Å². The highest BCUT2D eigenvalue weighted by Crippen LogP contribution is 2.09. The summed E-state index contributed by atoms with van der Waals surface area (Å²) in [5, 5.41) is 0. The van der Waals surface area contributed by atoms with Crippen molar-refractivity contribution in [3.63, 3.8) is 0 Å². The van der Waals surface area contributed by atoms with Crippen LogP contribution in [0.2, 0.25) is 5.82 Å². The maximum absolute atomic E-state index is 5.44. The van der Waals surface area contributed by atoms with Gasteiger partial charge in [-0.2, -0.15) is 0 Å².